The Kier molecular flexibility index (Phi) is 5.31. The predicted octanol–water partition coefficient (Wildman–Crippen LogP) is 2.85. The van der Waals surface area contributed by atoms with Crippen LogP contribution >= 0.6 is 0 Å². The van der Waals surface area contributed by atoms with E-state index in [-0.39, 0.29) is 5.75 Å². The quantitative estimate of drug-likeness (QED) is 0.903. The Labute approximate surface area is 118 Å². The minimum absolute atomic E-state index is 0.204. The molecule has 5 heteroatoms. The lowest BCUT2D eigenvalue weighted by Crippen LogP contribution is -2.43. The average Bonchev–Trinajstić information content (AvgIpc) is 2.43. The van der Waals surface area contributed by atoms with E-state index in [4.69, 9.17) is 5.73 Å². The van der Waals surface area contributed by atoms with Crippen LogP contribution in [0.15, 0.2) is 24.3 Å². The number of nitrogens with zero attached hydrogens (tertiary/aromatic N) is 1. The van der Waals surface area contributed by atoms with Crippen molar-refractivity contribution in [1.82, 2.24) is 4.90 Å². The van der Waals surface area contributed by atoms with E-state index in [0.717, 1.165) is 31.6 Å². The summed E-state index contributed by atoms with van der Waals surface area (Å²) in [5, 5.41) is 0. The molecule has 2 N–H and O–H groups in total. The Morgan fingerprint density at radius 2 is 2.00 bits per heavy atom. The van der Waals surface area contributed by atoms with Gasteiger partial charge in [-0.1, -0.05) is 12.1 Å². The van der Waals surface area contributed by atoms with E-state index in [1.807, 2.05) is 12.1 Å². The summed E-state index contributed by atoms with van der Waals surface area (Å²) in [6, 6.07) is 7.41. The highest BCUT2D eigenvalue weighted by Gasteiger charge is 2.24. The van der Waals surface area contributed by atoms with Gasteiger partial charge < -0.3 is 10.5 Å². The molecule has 0 aromatic heterocycles. The van der Waals surface area contributed by atoms with Gasteiger partial charge in [0.05, 0.1) is 0 Å². The summed E-state index contributed by atoms with van der Waals surface area (Å²) in [6.07, 6.45) is 2.35. The molecule has 1 aromatic carbocycles. The highest BCUT2D eigenvalue weighted by Crippen LogP contribution is 2.24. The standard InChI is InChI=1S/C15H22F2N2O/c1-11-2-3-13(8-18)10-19(11)9-12-4-6-14(7-5-12)20-15(16)17/h4-7,11,13,15H,2-3,8-10,18H2,1H3. The number of hydrogen-bond donors (Lipinski definition) is 1. The molecule has 1 fully saturated rings. The van der Waals surface area contributed by atoms with Crippen LogP contribution in [0, 0.1) is 5.92 Å². The van der Waals surface area contributed by atoms with Crippen molar-refractivity contribution in [3.63, 3.8) is 0 Å². The van der Waals surface area contributed by atoms with Gasteiger partial charge in [-0.3, -0.25) is 4.90 Å². The van der Waals surface area contributed by atoms with Crippen molar-refractivity contribution in [2.75, 3.05) is 13.1 Å². The van der Waals surface area contributed by atoms with Gasteiger partial charge in [-0.25, -0.2) is 0 Å². The zero-order valence-electron chi connectivity index (χ0n) is 11.8. The van der Waals surface area contributed by atoms with E-state index in [1.54, 1.807) is 12.1 Å². The fourth-order valence-corrected chi connectivity index (χ4v) is 2.69. The van der Waals surface area contributed by atoms with Crippen LogP contribution in [0.1, 0.15) is 25.3 Å². The van der Waals surface area contributed by atoms with Crippen molar-refractivity contribution in [2.45, 2.75) is 39.0 Å². The third-order valence-electron chi connectivity index (χ3n) is 3.98. The van der Waals surface area contributed by atoms with Gasteiger partial charge in [-0.2, -0.15) is 8.78 Å². The van der Waals surface area contributed by atoms with Crippen LogP contribution < -0.4 is 10.5 Å². The maximum Gasteiger partial charge on any atom is 0.387 e. The normalized spacial score (nSPS) is 24.1. The molecular weight excluding hydrogens is 262 g/mol. The molecule has 0 aliphatic carbocycles. The summed E-state index contributed by atoms with van der Waals surface area (Å²) in [4.78, 5) is 2.41. The number of benzene rings is 1. The summed E-state index contributed by atoms with van der Waals surface area (Å²) >= 11 is 0. The van der Waals surface area contributed by atoms with Crippen molar-refractivity contribution in [3.05, 3.63) is 29.8 Å². The molecule has 0 saturated carbocycles. The lowest BCUT2D eigenvalue weighted by Gasteiger charge is -2.37. The number of hydrogen-bond acceptors (Lipinski definition) is 3. The van der Waals surface area contributed by atoms with Crippen LogP contribution in [-0.4, -0.2) is 30.6 Å². The number of halogens is 2. The van der Waals surface area contributed by atoms with Crippen LogP contribution in [-0.2, 0) is 6.54 Å². The molecule has 2 rings (SSSR count). The highest BCUT2D eigenvalue weighted by molar-refractivity contribution is 5.27. The molecule has 2 atom stereocenters. The molecular formula is C15H22F2N2O. The number of nitrogens with two attached hydrogens (primary N) is 1. The zero-order chi connectivity index (χ0) is 14.5. The minimum atomic E-state index is -2.77. The van der Waals surface area contributed by atoms with Crippen LogP contribution in [0.25, 0.3) is 0 Å². The predicted molar refractivity (Wildman–Crippen MR) is 74.7 cm³/mol. The van der Waals surface area contributed by atoms with Crippen molar-refractivity contribution < 1.29 is 13.5 Å². The topological polar surface area (TPSA) is 38.5 Å². The fraction of sp³-hybridized carbons (Fsp3) is 0.600. The number of rotatable bonds is 5. The number of piperidine rings is 1. The van der Waals surface area contributed by atoms with E-state index in [0.29, 0.717) is 12.0 Å². The van der Waals surface area contributed by atoms with Gasteiger partial charge in [0.2, 0.25) is 0 Å². The average molecular weight is 284 g/mol. The van der Waals surface area contributed by atoms with Crippen LogP contribution in [0.5, 0.6) is 5.75 Å². The molecule has 3 nitrogen and oxygen atoms in total. The third-order valence-corrected chi connectivity index (χ3v) is 3.98. The Hall–Kier alpha value is -1.20. The van der Waals surface area contributed by atoms with Crippen molar-refractivity contribution in [2.24, 2.45) is 11.7 Å². The largest absolute Gasteiger partial charge is 0.435 e. The number of alkyl halides is 2. The maximum atomic E-state index is 12.1. The Balaban J connectivity index is 1.94. The van der Waals surface area contributed by atoms with Gasteiger partial charge in [0.1, 0.15) is 5.75 Å². The van der Waals surface area contributed by atoms with E-state index >= 15 is 0 Å². The minimum Gasteiger partial charge on any atom is -0.435 e. The van der Waals surface area contributed by atoms with Crippen molar-refractivity contribution in [3.8, 4) is 5.75 Å². The molecule has 0 radical (unpaired) electrons. The molecule has 1 aliphatic heterocycles. The second kappa shape index (κ2) is 6.99. The smallest absolute Gasteiger partial charge is 0.387 e. The summed E-state index contributed by atoms with van der Waals surface area (Å²) in [7, 11) is 0. The van der Waals surface area contributed by atoms with E-state index in [1.165, 1.54) is 6.42 Å². The molecule has 1 aliphatic rings. The van der Waals surface area contributed by atoms with E-state index < -0.39 is 6.61 Å². The van der Waals surface area contributed by atoms with E-state index in [9.17, 15) is 8.78 Å². The van der Waals surface area contributed by atoms with Gasteiger partial charge >= 0.3 is 6.61 Å². The zero-order valence-corrected chi connectivity index (χ0v) is 11.8. The first-order valence-electron chi connectivity index (χ1n) is 7.06. The van der Waals surface area contributed by atoms with Gasteiger partial charge in [0, 0.05) is 19.1 Å². The molecule has 0 amide bonds. The first kappa shape index (κ1) is 15.2. The summed E-state index contributed by atoms with van der Waals surface area (Å²) in [5.74, 6) is 0.767. The SMILES string of the molecule is CC1CCC(CN)CN1Cc1ccc(OC(F)F)cc1. The molecule has 1 aromatic rings. The van der Waals surface area contributed by atoms with Gasteiger partial charge in [0.25, 0.3) is 0 Å². The maximum absolute atomic E-state index is 12.1. The van der Waals surface area contributed by atoms with Gasteiger partial charge in [0.15, 0.2) is 0 Å². The van der Waals surface area contributed by atoms with Crippen LogP contribution in [0.4, 0.5) is 8.78 Å². The first-order valence-corrected chi connectivity index (χ1v) is 7.06. The third kappa shape index (κ3) is 4.15. The Morgan fingerprint density at radius 1 is 1.30 bits per heavy atom. The molecule has 112 valence electrons. The highest BCUT2D eigenvalue weighted by atomic mass is 19.3. The molecule has 0 bridgehead atoms. The molecule has 0 spiro atoms. The Morgan fingerprint density at radius 3 is 2.60 bits per heavy atom. The second-order valence-corrected chi connectivity index (χ2v) is 5.48. The molecule has 1 saturated heterocycles. The summed E-state index contributed by atoms with van der Waals surface area (Å²) < 4.78 is 28.5. The van der Waals surface area contributed by atoms with Crippen molar-refractivity contribution >= 4 is 0 Å². The summed E-state index contributed by atoms with van der Waals surface area (Å²) in [6.45, 7) is 2.01. The van der Waals surface area contributed by atoms with Crippen molar-refractivity contribution in [1.29, 1.82) is 0 Å². The first-order chi connectivity index (χ1) is 9.58. The lowest BCUT2D eigenvalue weighted by molar-refractivity contribution is -0.0498. The van der Waals surface area contributed by atoms with Gasteiger partial charge in [-0.15, -0.1) is 0 Å². The fourth-order valence-electron chi connectivity index (χ4n) is 2.69. The van der Waals surface area contributed by atoms with E-state index in [2.05, 4.69) is 16.6 Å². The van der Waals surface area contributed by atoms with Gasteiger partial charge in [-0.05, 0) is 49.9 Å². The number of ether oxygens (including phenoxy) is 1. The molecule has 20 heavy (non-hydrogen) atoms. The second-order valence-electron chi connectivity index (χ2n) is 5.48. The number of likely N-dealkylation sites (tertiary alicyclic amines) is 1. The summed E-state index contributed by atoms with van der Waals surface area (Å²) in [5.41, 5.74) is 6.86. The molecule has 2 unspecified atom stereocenters. The monoisotopic (exact) mass is 284 g/mol. The van der Waals surface area contributed by atoms with Crippen LogP contribution in [0.3, 0.4) is 0 Å². The lowest BCUT2D eigenvalue weighted by atomic mass is 9.93. The van der Waals surface area contributed by atoms with Crippen LogP contribution in [0.2, 0.25) is 0 Å². The Bertz CT molecular complexity index is 411. The molecule has 1 heterocycles.